The molecule has 0 radical (unpaired) electrons. The van der Waals surface area contributed by atoms with Gasteiger partial charge in [0.15, 0.2) is 0 Å². The molecule has 0 aromatic heterocycles. The summed E-state index contributed by atoms with van der Waals surface area (Å²) in [6.07, 6.45) is 0. The molecule has 0 aliphatic rings. The van der Waals surface area contributed by atoms with Gasteiger partial charge in [-0.1, -0.05) is 84.9 Å². The molecule has 1 unspecified atom stereocenters. The molecule has 0 N–H and O–H groups in total. The molecular formula is C26H24BrOP. The monoisotopic (exact) mass is 462 g/mol. The minimum absolute atomic E-state index is 0. The number of rotatable bonds is 6. The highest BCUT2D eigenvalue weighted by Crippen LogP contribution is 2.66. The Morgan fingerprint density at radius 3 is 1.14 bits per heavy atom. The van der Waals surface area contributed by atoms with Gasteiger partial charge in [-0.2, -0.15) is 0 Å². The second-order valence-electron chi connectivity index (χ2n) is 6.73. The molecule has 0 amide bonds. The van der Waals surface area contributed by atoms with Crippen molar-refractivity contribution in [3.8, 4) is 0 Å². The van der Waals surface area contributed by atoms with Gasteiger partial charge >= 0.3 is 0 Å². The number of methoxy groups -OCH3 is 1. The maximum atomic E-state index is 6.31. The van der Waals surface area contributed by atoms with Gasteiger partial charge in [0.05, 0.1) is 0 Å². The van der Waals surface area contributed by atoms with Crippen LogP contribution >= 0.6 is 7.26 Å². The van der Waals surface area contributed by atoms with Gasteiger partial charge in [-0.25, -0.2) is 0 Å². The summed E-state index contributed by atoms with van der Waals surface area (Å²) in [5, 5.41) is 3.97. The van der Waals surface area contributed by atoms with Gasteiger partial charge < -0.3 is 21.7 Å². The van der Waals surface area contributed by atoms with Gasteiger partial charge in [0.25, 0.3) is 0 Å². The molecule has 146 valence electrons. The zero-order chi connectivity index (χ0) is 19.2. The second-order valence-corrected chi connectivity index (χ2v) is 10.2. The zero-order valence-electron chi connectivity index (χ0n) is 16.4. The SMILES string of the molecule is COC(c1ccccc1)[P+](c1ccccc1)(c1ccccc1)c1ccccc1.[Br-]. The van der Waals surface area contributed by atoms with E-state index in [4.69, 9.17) is 4.74 Å². The average molecular weight is 463 g/mol. The third kappa shape index (κ3) is 4.07. The number of benzene rings is 4. The Kier molecular flexibility index (Phi) is 7.39. The van der Waals surface area contributed by atoms with E-state index in [1.807, 2.05) is 7.11 Å². The van der Waals surface area contributed by atoms with Gasteiger partial charge in [-0.05, 0) is 36.4 Å². The van der Waals surface area contributed by atoms with Crippen molar-refractivity contribution in [1.29, 1.82) is 0 Å². The van der Waals surface area contributed by atoms with Crippen LogP contribution in [0.3, 0.4) is 0 Å². The fraction of sp³-hybridized carbons (Fsp3) is 0.0769. The Labute approximate surface area is 184 Å². The van der Waals surface area contributed by atoms with Crippen molar-refractivity contribution in [1.82, 2.24) is 0 Å². The van der Waals surface area contributed by atoms with Crippen LogP contribution in [0.5, 0.6) is 0 Å². The predicted molar refractivity (Wildman–Crippen MR) is 121 cm³/mol. The lowest BCUT2D eigenvalue weighted by Crippen LogP contribution is -3.00. The maximum absolute atomic E-state index is 6.31. The highest BCUT2D eigenvalue weighted by Gasteiger charge is 2.53. The second kappa shape index (κ2) is 9.98. The van der Waals surface area contributed by atoms with E-state index in [2.05, 4.69) is 121 Å². The Balaban J connectivity index is 0.00000240. The fourth-order valence-corrected chi connectivity index (χ4v) is 8.55. The summed E-state index contributed by atoms with van der Waals surface area (Å²) in [6.45, 7) is 0. The number of ether oxygens (including phenoxy) is 1. The van der Waals surface area contributed by atoms with Gasteiger partial charge in [0.2, 0.25) is 5.85 Å². The van der Waals surface area contributed by atoms with E-state index < -0.39 is 7.26 Å². The molecule has 1 atom stereocenters. The zero-order valence-corrected chi connectivity index (χ0v) is 18.8. The smallest absolute Gasteiger partial charge is 0.206 e. The molecule has 0 heterocycles. The Morgan fingerprint density at radius 1 is 0.517 bits per heavy atom. The first-order chi connectivity index (χ1) is 13.9. The van der Waals surface area contributed by atoms with Crippen LogP contribution in [0.1, 0.15) is 11.4 Å². The highest BCUT2D eigenvalue weighted by atomic mass is 79.9. The average Bonchev–Trinajstić information content (AvgIpc) is 2.80. The fourth-order valence-electron chi connectivity index (χ4n) is 3.98. The Bertz CT molecular complexity index is 895. The molecular weight excluding hydrogens is 439 g/mol. The van der Waals surface area contributed by atoms with Gasteiger partial charge in [-0.15, -0.1) is 0 Å². The van der Waals surface area contributed by atoms with Crippen LogP contribution in [0.4, 0.5) is 0 Å². The lowest BCUT2D eigenvalue weighted by molar-refractivity contribution is -0.00000572. The molecule has 4 aromatic rings. The van der Waals surface area contributed by atoms with Crippen molar-refractivity contribution < 1.29 is 21.7 Å². The molecule has 4 aromatic carbocycles. The molecule has 0 saturated carbocycles. The van der Waals surface area contributed by atoms with Crippen molar-refractivity contribution in [3.05, 3.63) is 127 Å². The van der Waals surface area contributed by atoms with Crippen LogP contribution in [0, 0.1) is 0 Å². The standard InChI is InChI=1S/C26H24OP.BrH/c1-27-26(22-14-6-2-7-15-22)28(23-16-8-3-9-17-23,24-18-10-4-11-19-24)25-20-12-5-13-21-25;/h2-21,26H,1H3;1H/q+1;/p-1. The number of halogens is 1. The summed E-state index contributed by atoms with van der Waals surface area (Å²) in [5.74, 6) is -0.0686. The molecule has 0 bridgehead atoms. The first-order valence-corrected chi connectivity index (χ1v) is 11.4. The van der Waals surface area contributed by atoms with E-state index in [-0.39, 0.29) is 22.8 Å². The van der Waals surface area contributed by atoms with E-state index in [1.54, 1.807) is 0 Å². The van der Waals surface area contributed by atoms with E-state index in [0.29, 0.717) is 0 Å². The van der Waals surface area contributed by atoms with Crippen LogP contribution in [-0.4, -0.2) is 7.11 Å². The van der Waals surface area contributed by atoms with Crippen molar-refractivity contribution in [2.75, 3.05) is 7.11 Å². The van der Waals surface area contributed by atoms with Gasteiger partial charge in [0.1, 0.15) is 23.2 Å². The number of hydrogen-bond acceptors (Lipinski definition) is 1. The predicted octanol–water partition coefficient (Wildman–Crippen LogP) is 2.33. The maximum Gasteiger partial charge on any atom is 0.206 e. The van der Waals surface area contributed by atoms with Crippen molar-refractivity contribution in [3.63, 3.8) is 0 Å². The lowest BCUT2D eigenvalue weighted by Gasteiger charge is -2.33. The van der Waals surface area contributed by atoms with Crippen molar-refractivity contribution in [2.45, 2.75) is 5.85 Å². The molecule has 0 saturated heterocycles. The Hall–Kier alpha value is -2.25. The summed E-state index contributed by atoms with van der Waals surface area (Å²) in [4.78, 5) is 0. The van der Waals surface area contributed by atoms with Crippen molar-refractivity contribution >= 4 is 23.2 Å². The molecule has 3 heteroatoms. The first kappa shape index (κ1) is 21.5. The summed E-state index contributed by atoms with van der Waals surface area (Å²) < 4.78 is 6.31. The summed E-state index contributed by atoms with van der Waals surface area (Å²) in [7, 11) is -0.273. The highest BCUT2D eigenvalue weighted by molar-refractivity contribution is 7.95. The van der Waals surface area contributed by atoms with E-state index in [1.165, 1.54) is 21.5 Å². The van der Waals surface area contributed by atoms with E-state index in [0.717, 1.165) is 0 Å². The quantitative estimate of drug-likeness (QED) is 0.399. The van der Waals surface area contributed by atoms with E-state index in [9.17, 15) is 0 Å². The first-order valence-electron chi connectivity index (χ1n) is 9.50. The molecule has 0 spiro atoms. The van der Waals surface area contributed by atoms with Gasteiger partial charge in [0, 0.05) is 12.7 Å². The molecule has 0 aliphatic carbocycles. The molecule has 1 nitrogen and oxygen atoms in total. The summed E-state index contributed by atoms with van der Waals surface area (Å²) in [5.41, 5.74) is 1.20. The third-order valence-corrected chi connectivity index (χ3v) is 9.70. The molecule has 0 fully saturated rings. The Morgan fingerprint density at radius 2 is 0.828 bits per heavy atom. The molecule has 0 aliphatic heterocycles. The van der Waals surface area contributed by atoms with Crippen LogP contribution in [-0.2, 0) is 4.74 Å². The largest absolute Gasteiger partial charge is 1.00 e. The minimum Gasteiger partial charge on any atom is -1.00 e. The molecule has 29 heavy (non-hydrogen) atoms. The minimum atomic E-state index is -2.11. The summed E-state index contributed by atoms with van der Waals surface area (Å²) in [6, 6.07) is 43.2. The van der Waals surface area contributed by atoms with Crippen molar-refractivity contribution in [2.24, 2.45) is 0 Å². The number of hydrogen-bond donors (Lipinski definition) is 0. The van der Waals surface area contributed by atoms with Crippen LogP contribution in [0.15, 0.2) is 121 Å². The van der Waals surface area contributed by atoms with Crippen LogP contribution in [0.25, 0.3) is 0 Å². The molecule has 4 rings (SSSR count). The topological polar surface area (TPSA) is 9.23 Å². The normalized spacial score (nSPS) is 12.0. The summed E-state index contributed by atoms with van der Waals surface area (Å²) >= 11 is 0. The third-order valence-electron chi connectivity index (χ3n) is 5.15. The lowest BCUT2D eigenvalue weighted by atomic mass is 10.2. The van der Waals surface area contributed by atoms with Crippen LogP contribution < -0.4 is 32.9 Å². The van der Waals surface area contributed by atoms with Gasteiger partial charge in [-0.3, -0.25) is 0 Å². The van der Waals surface area contributed by atoms with Crippen LogP contribution in [0.2, 0.25) is 0 Å². The van der Waals surface area contributed by atoms with E-state index >= 15 is 0 Å².